The predicted molar refractivity (Wildman–Crippen MR) is 70.8 cm³/mol. The highest BCUT2D eigenvalue weighted by Crippen LogP contribution is 2.24. The molecule has 18 heavy (non-hydrogen) atoms. The second-order valence-electron chi connectivity index (χ2n) is 4.75. The molecular formula is C14H15ClN2O. The lowest BCUT2D eigenvalue weighted by Gasteiger charge is -2.14. The van der Waals surface area contributed by atoms with E-state index >= 15 is 0 Å². The Morgan fingerprint density at radius 1 is 1.39 bits per heavy atom. The van der Waals surface area contributed by atoms with Gasteiger partial charge < -0.3 is 10.2 Å². The highest BCUT2D eigenvalue weighted by Gasteiger charge is 2.21. The van der Waals surface area contributed by atoms with E-state index < -0.39 is 0 Å². The van der Waals surface area contributed by atoms with E-state index in [0.717, 1.165) is 47.2 Å². The van der Waals surface area contributed by atoms with Gasteiger partial charge in [-0.15, -0.1) is 0 Å². The molecule has 2 aromatic rings. The van der Waals surface area contributed by atoms with Gasteiger partial charge in [-0.05, 0) is 18.1 Å². The van der Waals surface area contributed by atoms with Gasteiger partial charge in [-0.2, -0.15) is 0 Å². The molecule has 2 N–H and O–H groups in total. The number of nitrogens with zero attached hydrogens (tertiary/aromatic N) is 1. The van der Waals surface area contributed by atoms with Crippen LogP contribution in [0.3, 0.4) is 0 Å². The van der Waals surface area contributed by atoms with E-state index in [-0.39, 0.29) is 6.04 Å². The number of aromatic nitrogens is 1. The highest BCUT2D eigenvalue weighted by molar-refractivity contribution is 6.31. The summed E-state index contributed by atoms with van der Waals surface area (Å²) >= 11 is 6.13. The Labute approximate surface area is 111 Å². The zero-order valence-electron chi connectivity index (χ0n) is 10.0. The molecule has 1 heterocycles. The van der Waals surface area contributed by atoms with E-state index in [1.165, 1.54) is 0 Å². The van der Waals surface area contributed by atoms with Gasteiger partial charge in [0.05, 0.1) is 12.1 Å². The third-order valence-electron chi connectivity index (χ3n) is 3.32. The third-order valence-corrected chi connectivity index (χ3v) is 3.69. The molecular weight excluding hydrogens is 248 g/mol. The largest absolute Gasteiger partial charge is 0.445 e. The maximum atomic E-state index is 6.13. The second-order valence-corrected chi connectivity index (χ2v) is 5.16. The van der Waals surface area contributed by atoms with Crippen LogP contribution in [0.1, 0.15) is 29.3 Å². The fraction of sp³-hybridized carbons (Fsp3) is 0.357. The fourth-order valence-electron chi connectivity index (χ4n) is 2.34. The quantitative estimate of drug-likeness (QED) is 0.905. The van der Waals surface area contributed by atoms with Gasteiger partial charge in [0.25, 0.3) is 0 Å². The number of hydrogen-bond donors (Lipinski definition) is 1. The molecule has 0 spiro atoms. The lowest BCUT2D eigenvalue weighted by Crippen LogP contribution is -2.27. The van der Waals surface area contributed by atoms with Crippen molar-refractivity contribution in [3.63, 3.8) is 0 Å². The molecule has 1 aliphatic rings. The first kappa shape index (κ1) is 11.8. The summed E-state index contributed by atoms with van der Waals surface area (Å²) in [6.45, 7) is 0. The van der Waals surface area contributed by atoms with Gasteiger partial charge in [-0.3, -0.25) is 0 Å². The molecule has 0 amide bonds. The number of fused-ring (bicyclic) bond motifs is 1. The van der Waals surface area contributed by atoms with E-state index in [0.29, 0.717) is 6.42 Å². The van der Waals surface area contributed by atoms with Crippen LogP contribution in [-0.4, -0.2) is 11.0 Å². The Morgan fingerprint density at radius 2 is 2.22 bits per heavy atom. The predicted octanol–water partition coefficient (Wildman–Crippen LogP) is 2.73. The molecule has 1 unspecified atom stereocenters. The van der Waals surface area contributed by atoms with Gasteiger partial charge in [0.15, 0.2) is 5.89 Å². The first-order valence-corrected chi connectivity index (χ1v) is 6.56. The van der Waals surface area contributed by atoms with Crippen molar-refractivity contribution in [3.8, 4) is 0 Å². The minimum atomic E-state index is 0.218. The summed E-state index contributed by atoms with van der Waals surface area (Å²) in [7, 11) is 0. The van der Waals surface area contributed by atoms with Crippen LogP contribution in [0.4, 0.5) is 0 Å². The number of hydrogen-bond acceptors (Lipinski definition) is 3. The molecule has 1 aromatic carbocycles. The summed E-state index contributed by atoms with van der Waals surface area (Å²) < 4.78 is 5.79. The van der Waals surface area contributed by atoms with Crippen LogP contribution in [0, 0.1) is 0 Å². The molecule has 0 saturated carbocycles. The number of halogens is 1. The Bertz CT molecular complexity index is 565. The molecule has 1 aromatic heterocycles. The van der Waals surface area contributed by atoms with E-state index in [4.69, 9.17) is 21.8 Å². The Balaban J connectivity index is 1.84. The second kappa shape index (κ2) is 4.75. The molecule has 3 rings (SSSR count). The van der Waals surface area contributed by atoms with Crippen molar-refractivity contribution in [3.05, 3.63) is 52.2 Å². The van der Waals surface area contributed by atoms with Crippen molar-refractivity contribution < 1.29 is 4.42 Å². The van der Waals surface area contributed by atoms with Crippen molar-refractivity contribution in [1.82, 2.24) is 4.98 Å². The van der Waals surface area contributed by atoms with Crippen LogP contribution in [-0.2, 0) is 19.3 Å². The summed E-state index contributed by atoms with van der Waals surface area (Å²) in [5, 5.41) is 0.755. The molecule has 4 heteroatoms. The van der Waals surface area contributed by atoms with Crippen molar-refractivity contribution in [2.45, 2.75) is 31.7 Å². The van der Waals surface area contributed by atoms with Gasteiger partial charge in [0, 0.05) is 23.9 Å². The molecule has 0 radical (unpaired) electrons. The van der Waals surface area contributed by atoms with E-state index in [9.17, 15) is 0 Å². The molecule has 0 aliphatic heterocycles. The summed E-state index contributed by atoms with van der Waals surface area (Å²) in [5.41, 5.74) is 8.00. The van der Waals surface area contributed by atoms with Gasteiger partial charge in [-0.25, -0.2) is 4.98 Å². The Hall–Kier alpha value is -1.32. The lowest BCUT2D eigenvalue weighted by molar-refractivity contribution is 0.433. The van der Waals surface area contributed by atoms with Crippen LogP contribution in [0.2, 0.25) is 5.02 Å². The monoisotopic (exact) mass is 262 g/mol. The molecule has 3 nitrogen and oxygen atoms in total. The van der Waals surface area contributed by atoms with Crippen molar-refractivity contribution in [2.75, 3.05) is 0 Å². The molecule has 1 atom stereocenters. The standard InChI is InChI=1S/C14H15ClN2O/c15-11-4-2-1-3-9(11)7-14-17-12-8-10(16)5-6-13(12)18-14/h1-4,10H,5-8,16H2. The normalized spacial score (nSPS) is 18.7. The van der Waals surface area contributed by atoms with Crippen LogP contribution >= 0.6 is 11.6 Å². The number of oxazole rings is 1. The SMILES string of the molecule is NC1CCc2oc(Cc3ccccc3Cl)nc2C1. The number of benzene rings is 1. The third kappa shape index (κ3) is 2.28. The first-order chi connectivity index (χ1) is 8.72. The van der Waals surface area contributed by atoms with Gasteiger partial charge in [-0.1, -0.05) is 29.8 Å². The zero-order valence-corrected chi connectivity index (χ0v) is 10.8. The molecule has 0 bridgehead atoms. The van der Waals surface area contributed by atoms with Gasteiger partial charge >= 0.3 is 0 Å². The summed E-state index contributed by atoms with van der Waals surface area (Å²) in [4.78, 5) is 4.53. The first-order valence-electron chi connectivity index (χ1n) is 6.19. The number of nitrogens with two attached hydrogens (primary N) is 1. The topological polar surface area (TPSA) is 52.0 Å². The van der Waals surface area contributed by atoms with E-state index in [1.54, 1.807) is 0 Å². The van der Waals surface area contributed by atoms with Crippen LogP contribution < -0.4 is 5.73 Å². The van der Waals surface area contributed by atoms with Crippen LogP contribution in [0.25, 0.3) is 0 Å². The molecule has 1 aliphatic carbocycles. The minimum absolute atomic E-state index is 0.218. The molecule has 94 valence electrons. The lowest BCUT2D eigenvalue weighted by atomic mass is 9.98. The maximum Gasteiger partial charge on any atom is 0.199 e. The van der Waals surface area contributed by atoms with Crippen LogP contribution in [0.5, 0.6) is 0 Å². The fourth-order valence-corrected chi connectivity index (χ4v) is 2.54. The van der Waals surface area contributed by atoms with E-state index in [1.807, 2.05) is 24.3 Å². The summed E-state index contributed by atoms with van der Waals surface area (Å²) in [5.74, 6) is 1.74. The Morgan fingerprint density at radius 3 is 3.06 bits per heavy atom. The summed E-state index contributed by atoms with van der Waals surface area (Å²) in [6.07, 6.45) is 3.34. The average Bonchev–Trinajstić information content (AvgIpc) is 2.73. The van der Waals surface area contributed by atoms with Crippen molar-refractivity contribution in [1.29, 1.82) is 0 Å². The van der Waals surface area contributed by atoms with Gasteiger partial charge in [0.2, 0.25) is 0 Å². The van der Waals surface area contributed by atoms with Crippen molar-refractivity contribution in [2.24, 2.45) is 5.73 Å². The summed E-state index contributed by atoms with van der Waals surface area (Å²) in [6, 6.07) is 7.99. The number of aryl methyl sites for hydroxylation is 1. The highest BCUT2D eigenvalue weighted by atomic mass is 35.5. The minimum Gasteiger partial charge on any atom is -0.445 e. The number of rotatable bonds is 2. The smallest absolute Gasteiger partial charge is 0.199 e. The zero-order chi connectivity index (χ0) is 12.5. The van der Waals surface area contributed by atoms with Gasteiger partial charge in [0.1, 0.15) is 5.76 Å². The maximum absolute atomic E-state index is 6.13. The Kier molecular flexibility index (Phi) is 3.10. The average molecular weight is 263 g/mol. The van der Waals surface area contributed by atoms with Crippen molar-refractivity contribution >= 4 is 11.6 Å². The van der Waals surface area contributed by atoms with E-state index in [2.05, 4.69) is 4.98 Å². The van der Waals surface area contributed by atoms with Crippen LogP contribution in [0.15, 0.2) is 28.7 Å². The molecule has 0 fully saturated rings. The molecule has 0 saturated heterocycles.